The number of thiazole rings is 1. The Hall–Kier alpha value is -1.46. The van der Waals surface area contributed by atoms with Crippen LogP contribution in [0.1, 0.15) is 56.4 Å². The van der Waals surface area contributed by atoms with E-state index in [2.05, 4.69) is 41.4 Å². The number of hydrogen-bond acceptors (Lipinski definition) is 4. The molecule has 1 N–H and O–H groups in total. The van der Waals surface area contributed by atoms with Crippen LogP contribution in [-0.4, -0.2) is 41.0 Å². The lowest BCUT2D eigenvalue weighted by molar-refractivity contribution is -0.127. The highest BCUT2D eigenvalue weighted by molar-refractivity contribution is 7.18. The number of hydrogen-bond donors (Lipinski definition) is 1. The number of carbonyl (C=O) groups is 1. The van der Waals surface area contributed by atoms with Gasteiger partial charge in [0, 0.05) is 18.5 Å². The molecule has 0 radical (unpaired) electrons. The lowest BCUT2D eigenvalue weighted by Crippen LogP contribution is -2.50. The molecule has 1 amide bonds. The number of para-hydroxylation sites is 1. The molecule has 2 fully saturated rings. The number of nitrogens with one attached hydrogen (secondary N) is 1. The summed E-state index contributed by atoms with van der Waals surface area (Å²) in [6.45, 7) is 4.02. The first-order chi connectivity index (χ1) is 12.2. The van der Waals surface area contributed by atoms with E-state index in [1.54, 1.807) is 0 Å². The third-order valence-electron chi connectivity index (χ3n) is 5.74. The number of piperidine rings is 1. The van der Waals surface area contributed by atoms with Crippen molar-refractivity contribution in [3.05, 3.63) is 29.3 Å². The smallest absolute Gasteiger partial charge is 0.237 e. The van der Waals surface area contributed by atoms with Gasteiger partial charge in [0.25, 0.3) is 0 Å². The van der Waals surface area contributed by atoms with Crippen molar-refractivity contribution in [2.75, 3.05) is 13.1 Å². The molecule has 1 saturated carbocycles. The molecule has 0 spiro atoms. The predicted octanol–water partition coefficient (Wildman–Crippen LogP) is 3.92. The quantitative estimate of drug-likeness (QED) is 0.902. The average molecular weight is 358 g/mol. The van der Waals surface area contributed by atoms with Gasteiger partial charge in [-0.15, -0.1) is 11.3 Å². The fraction of sp³-hybridized carbons (Fsp3) is 0.600. The van der Waals surface area contributed by atoms with E-state index >= 15 is 0 Å². The molecule has 25 heavy (non-hydrogen) atoms. The second kappa shape index (κ2) is 7.42. The van der Waals surface area contributed by atoms with Gasteiger partial charge in [0.05, 0.1) is 21.3 Å². The monoisotopic (exact) mass is 357 g/mol. The highest BCUT2D eigenvalue weighted by atomic mass is 32.1. The van der Waals surface area contributed by atoms with E-state index in [0.29, 0.717) is 12.0 Å². The van der Waals surface area contributed by atoms with Crippen LogP contribution < -0.4 is 5.32 Å². The Morgan fingerprint density at radius 1 is 1.24 bits per heavy atom. The summed E-state index contributed by atoms with van der Waals surface area (Å²) in [5.74, 6) is 0.657. The molecule has 5 heteroatoms. The Balaban J connectivity index is 1.42. The number of benzene rings is 1. The maximum absolute atomic E-state index is 12.6. The SMILES string of the molecule is C[C@H](C(=O)NC1CCCC1)N1CCC[C@H](c2nc3ccccc3s2)C1. The van der Waals surface area contributed by atoms with Gasteiger partial charge in [0.2, 0.25) is 5.91 Å². The molecular formula is C20H27N3OS. The molecule has 0 unspecified atom stereocenters. The van der Waals surface area contributed by atoms with Gasteiger partial charge in [-0.3, -0.25) is 9.69 Å². The normalized spacial score (nSPS) is 23.8. The summed E-state index contributed by atoms with van der Waals surface area (Å²) < 4.78 is 1.27. The minimum Gasteiger partial charge on any atom is -0.352 e. The van der Waals surface area contributed by atoms with E-state index < -0.39 is 0 Å². The molecule has 4 nitrogen and oxygen atoms in total. The molecule has 2 atom stereocenters. The van der Waals surface area contributed by atoms with E-state index in [4.69, 9.17) is 4.98 Å². The largest absolute Gasteiger partial charge is 0.352 e. The molecule has 134 valence electrons. The molecule has 1 aliphatic heterocycles. The summed E-state index contributed by atoms with van der Waals surface area (Å²) in [6.07, 6.45) is 7.11. The first-order valence-corrected chi connectivity index (χ1v) is 10.4. The van der Waals surface area contributed by atoms with E-state index in [9.17, 15) is 4.79 Å². The summed E-state index contributed by atoms with van der Waals surface area (Å²) >= 11 is 1.81. The minimum atomic E-state index is -0.0437. The zero-order valence-corrected chi connectivity index (χ0v) is 15.7. The third-order valence-corrected chi connectivity index (χ3v) is 6.94. The Kier molecular flexibility index (Phi) is 5.04. The van der Waals surface area contributed by atoms with Crippen molar-refractivity contribution in [2.45, 2.75) is 63.5 Å². The van der Waals surface area contributed by atoms with Crippen molar-refractivity contribution >= 4 is 27.5 Å². The van der Waals surface area contributed by atoms with Crippen LogP contribution in [0.15, 0.2) is 24.3 Å². The maximum Gasteiger partial charge on any atom is 0.237 e. The second-order valence-electron chi connectivity index (χ2n) is 7.52. The number of aromatic nitrogens is 1. The van der Waals surface area contributed by atoms with Gasteiger partial charge in [-0.05, 0) is 51.3 Å². The Morgan fingerprint density at radius 2 is 2.04 bits per heavy atom. The molecule has 0 bridgehead atoms. The molecule has 1 saturated heterocycles. The van der Waals surface area contributed by atoms with Gasteiger partial charge in [-0.2, -0.15) is 0 Å². The third kappa shape index (κ3) is 3.72. The van der Waals surface area contributed by atoms with Crippen LogP contribution in [0.2, 0.25) is 0 Å². The Bertz CT molecular complexity index is 704. The number of rotatable bonds is 4. The maximum atomic E-state index is 12.6. The van der Waals surface area contributed by atoms with E-state index in [-0.39, 0.29) is 11.9 Å². The molecular weight excluding hydrogens is 330 g/mol. The standard InChI is InChI=1S/C20H27N3OS/c1-14(19(24)21-16-8-2-3-9-16)23-12-6-7-15(13-23)20-22-17-10-4-5-11-18(17)25-20/h4-5,10-11,14-16H,2-3,6-9,12-13H2,1H3,(H,21,24)/t14-,15+/m1/s1. The van der Waals surface area contributed by atoms with Gasteiger partial charge in [-0.25, -0.2) is 4.98 Å². The van der Waals surface area contributed by atoms with Crippen molar-refractivity contribution in [3.63, 3.8) is 0 Å². The average Bonchev–Trinajstić information content (AvgIpc) is 3.30. The molecule has 1 aromatic carbocycles. The van der Waals surface area contributed by atoms with Crippen molar-refractivity contribution < 1.29 is 4.79 Å². The fourth-order valence-electron chi connectivity index (χ4n) is 4.18. The first-order valence-electron chi connectivity index (χ1n) is 9.60. The van der Waals surface area contributed by atoms with Gasteiger partial charge < -0.3 is 5.32 Å². The van der Waals surface area contributed by atoms with Crippen LogP contribution in [0.5, 0.6) is 0 Å². The summed E-state index contributed by atoms with van der Waals surface area (Å²) in [4.78, 5) is 19.8. The van der Waals surface area contributed by atoms with Gasteiger partial charge >= 0.3 is 0 Å². The molecule has 2 aromatic rings. The zero-order valence-electron chi connectivity index (χ0n) is 14.9. The Morgan fingerprint density at radius 3 is 2.84 bits per heavy atom. The number of amides is 1. The molecule has 1 aliphatic carbocycles. The van der Waals surface area contributed by atoms with Crippen molar-refractivity contribution in [1.29, 1.82) is 0 Å². The first kappa shape index (κ1) is 17.0. The highest BCUT2D eigenvalue weighted by Crippen LogP contribution is 2.33. The Labute approximate surface area is 153 Å². The highest BCUT2D eigenvalue weighted by Gasteiger charge is 2.30. The van der Waals surface area contributed by atoms with E-state index in [1.807, 2.05) is 11.3 Å². The van der Waals surface area contributed by atoms with Crippen molar-refractivity contribution in [2.24, 2.45) is 0 Å². The molecule has 2 heterocycles. The summed E-state index contributed by atoms with van der Waals surface area (Å²) in [6, 6.07) is 8.72. The molecule has 4 rings (SSSR count). The van der Waals surface area contributed by atoms with Gasteiger partial charge in [0.1, 0.15) is 0 Å². The van der Waals surface area contributed by atoms with Crippen LogP contribution in [0.3, 0.4) is 0 Å². The summed E-state index contributed by atoms with van der Waals surface area (Å²) in [5, 5.41) is 4.49. The van der Waals surface area contributed by atoms with Gasteiger partial charge in [-0.1, -0.05) is 25.0 Å². The molecule has 1 aromatic heterocycles. The number of likely N-dealkylation sites (tertiary alicyclic amines) is 1. The van der Waals surface area contributed by atoms with Crippen LogP contribution in [0.4, 0.5) is 0 Å². The van der Waals surface area contributed by atoms with Crippen LogP contribution >= 0.6 is 11.3 Å². The van der Waals surface area contributed by atoms with E-state index in [1.165, 1.54) is 29.0 Å². The van der Waals surface area contributed by atoms with Gasteiger partial charge in [0.15, 0.2) is 0 Å². The van der Waals surface area contributed by atoms with Crippen molar-refractivity contribution in [3.8, 4) is 0 Å². The number of carbonyl (C=O) groups excluding carboxylic acids is 1. The lowest BCUT2D eigenvalue weighted by Gasteiger charge is -2.35. The number of fused-ring (bicyclic) bond motifs is 1. The van der Waals surface area contributed by atoms with Crippen LogP contribution in [0.25, 0.3) is 10.2 Å². The van der Waals surface area contributed by atoms with E-state index in [0.717, 1.165) is 37.9 Å². The zero-order chi connectivity index (χ0) is 17.2. The van der Waals surface area contributed by atoms with Crippen molar-refractivity contribution in [1.82, 2.24) is 15.2 Å². The van der Waals surface area contributed by atoms with Crippen LogP contribution in [0, 0.1) is 0 Å². The second-order valence-corrected chi connectivity index (χ2v) is 8.58. The van der Waals surface area contributed by atoms with Crippen LogP contribution in [-0.2, 0) is 4.79 Å². The number of nitrogens with zero attached hydrogens (tertiary/aromatic N) is 2. The lowest BCUT2D eigenvalue weighted by atomic mass is 9.97. The summed E-state index contributed by atoms with van der Waals surface area (Å²) in [5.41, 5.74) is 1.10. The predicted molar refractivity (Wildman–Crippen MR) is 103 cm³/mol. The molecule has 2 aliphatic rings. The summed E-state index contributed by atoms with van der Waals surface area (Å²) in [7, 11) is 0. The minimum absolute atomic E-state index is 0.0437. The fourth-order valence-corrected chi connectivity index (χ4v) is 5.28. The topological polar surface area (TPSA) is 45.2 Å².